The number of nitrogens with zero attached hydrogens (tertiary/aromatic N) is 2. The van der Waals surface area contributed by atoms with E-state index >= 15 is 0 Å². The fourth-order valence-electron chi connectivity index (χ4n) is 2.59. The molecule has 1 saturated carbocycles. The van der Waals surface area contributed by atoms with Crippen LogP contribution in [0.3, 0.4) is 0 Å². The number of hydrogen-bond acceptors (Lipinski definition) is 4. The van der Waals surface area contributed by atoms with Crippen LogP contribution in [-0.2, 0) is 0 Å². The number of H-pyrrole nitrogens is 1. The summed E-state index contributed by atoms with van der Waals surface area (Å²) in [4.78, 5) is 25.2. The maximum Gasteiger partial charge on any atom is 0.274 e. The number of hydrogen-bond donors (Lipinski definition) is 2. The highest BCUT2D eigenvalue weighted by Crippen LogP contribution is 2.23. The summed E-state index contributed by atoms with van der Waals surface area (Å²) >= 11 is 0. The first kappa shape index (κ1) is 13.7. The number of carbonyl (C=O) groups excluding carboxylic acids is 1. The monoisotopic (exact) mass is 264 g/mol. The van der Waals surface area contributed by atoms with Crippen LogP contribution in [0.4, 0.5) is 0 Å². The van der Waals surface area contributed by atoms with E-state index in [4.69, 9.17) is 5.73 Å². The highest BCUT2D eigenvalue weighted by molar-refractivity contribution is 5.92. The molecule has 0 atom stereocenters. The van der Waals surface area contributed by atoms with E-state index in [1.165, 1.54) is 12.1 Å². The number of amides is 1. The number of rotatable bonds is 3. The van der Waals surface area contributed by atoms with Crippen LogP contribution in [0, 0.1) is 0 Å². The van der Waals surface area contributed by atoms with Gasteiger partial charge in [0.15, 0.2) is 0 Å². The van der Waals surface area contributed by atoms with Crippen LogP contribution in [0.2, 0.25) is 0 Å². The molecule has 0 saturated heterocycles. The van der Waals surface area contributed by atoms with Crippen LogP contribution < -0.4 is 11.3 Å². The van der Waals surface area contributed by atoms with E-state index in [0.29, 0.717) is 6.54 Å². The average molecular weight is 264 g/mol. The first-order valence-electron chi connectivity index (χ1n) is 6.74. The molecular formula is C13H20N4O2. The van der Waals surface area contributed by atoms with Gasteiger partial charge < -0.3 is 10.6 Å². The Hall–Kier alpha value is -1.69. The van der Waals surface area contributed by atoms with Crippen molar-refractivity contribution in [2.45, 2.75) is 44.7 Å². The van der Waals surface area contributed by atoms with Crippen LogP contribution in [-0.4, -0.2) is 39.6 Å². The smallest absolute Gasteiger partial charge is 0.274 e. The van der Waals surface area contributed by atoms with Gasteiger partial charge in [-0.25, -0.2) is 5.10 Å². The van der Waals surface area contributed by atoms with Crippen molar-refractivity contribution in [3.05, 3.63) is 28.2 Å². The lowest BCUT2D eigenvalue weighted by molar-refractivity contribution is 0.0633. The summed E-state index contributed by atoms with van der Waals surface area (Å²) in [6.45, 7) is 2.59. The van der Waals surface area contributed by atoms with Gasteiger partial charge in [-0.15, -0.1) is 0 Å². The van der Waals surface area contributed by atoms with Gasteiger partial charge in [0.2, 0.25) is 0 Å². The van der Waals surface area contributed by atoms with Crippen molar-refractivity contribution in [1.82, 2.24) is 15.1 Å². The van der Waals surface area contributed by atoms with Crippen LogP contribution >= 0.6 is 0 Å². The summed E-state index contributed by atoms with van der Waals surface area (Å²) in [6.07, 6.45) is 3.77. The Balaban J connectivity index is 2.10. The third kappa shape index (κ3) is 3.20. The zero-order valence-electron chi connectivity index (χ0n) is 11.1. The first-order valence-corrected chi connectivity index (χ1v) is 6.74. The van der Waals surface area contributed by atoms with Crippen molar-refractivity contribution >= 4 is 5.91 Å². The van der Waals surface area contributed by atoms with Crippen molar-refractivity contribution in [2.75, 3.05) is 6.54 Å². The van der Waals surface area contributed by atoms with Crippen LogP contribution in [0.1, 0.15) is 43.1 Å². The Morgan fingerprint density at radius 2 is 2.11 bits per heavy atom. The number of carbonyl (C=O) groups is 1. The minimum Gasteiger partial charge on any atom is -0.335 e. The van der Waals surface area contributed by atoms with Gasteiger partial charge in [0.1, 0.15) is 5.69 Å². The van der Waals surface area contributed by atoms with E-state index in [1.54, 1.807) is 0 Å². The molecule has 1 amide bonds. The van der Waals surface area contributed by atoms with E-state index in [0.717, 1.165) is 25.7 Å². The molecule has 19 heavy (non-hydrogen) atoms. The largest absolute Gasteiger partial charge is 0.335 e. The molecule has 1 fully saturated rings. The first-order chi connectivity index (χ1) is 9.11. The molecule has 1 aliphatic carbocycles. The summed E-state index contributed by atoms with van der Waals surface area (Å²) in [5.74, 6) is -0.126. The van der Waals surface area contributed by atoms with Gasteiger partial charge >= 0.3 is 0 Å². The maximum absolute atomic E-state index is 12.4. The van der Waals surface area contributed by atoms with E-state index in [-0.39, 0.29) is 29.2 Å². The van der Waals surface area contributed by atoms with E-state index in [1.807, 2.05) is 11.8 Å². The fourth-order valence-corrected chi connectivity index (χ4v) is 2.59. The van der Waals surface area contributed by atoms with Crippen molar-refractivity contribution in [2.24, 2.45) is 5.73 Å². The van der Waals surface area contributed by atoms with Crippen molar-refractivity contribution < 1.29 is 4.79 Å². The van der Waals surface area contributed by atoms with Crippen molar-refractivity contribution in [1.29, 1.82) is 0 Å². The quantitative estimate of drug-likeness (QED) is 0.831. The maximum atomic E-state index is 12.4. The van der Waals surface area contributed by atoms with Gasteiger partial charge in [-0.1, -0.05) is 0 Å². The average Bonchev–Trinajstić information content (AvgIpc) is 2.42. The molecule has 0 radical (unpaired) electrons. The zero-order chi connectivity index (χ0) is 13.8. The second-order valence-corrected chi connectivity index (χ2v) is 4.97. The molecular weight excluding hydrogens is 244 g/mol. The Kier molecular flexibility index (Phi) is 4.31. The lowest BCUT2D eigenvalue weighted by Crippen LogP contribution is -2.44. The lowest BCUT2D eigenvalue weighted by atomic mass is 9.90. The second-order valence-electron chi connectivity index (χ2n) is 4.97. The molecule has 2 rings (SSSR count). The Morgan fingerprint density at radius 3 is 2.63 bits per heavy atom. The Morgan fingerprint density at radius 1 is 1.42 bits per heavy atom. The summed E-state index contributed by atoms with van der Waals surface area (Å²) in [6, 6.07) is 3.28. The molecule has 1 heterocycles. The predicted molar refractivity (Wildman–Crippen MR) is 71.8 cm³/mol. The number of nitrogens with two attached hydrogens (primary N) is 1. The summed E-state index contributed by atoms with van der Waals surface area (Å²) in [7, 11) is 0. The molecule has 0 unspecified atom stereocenters. The third-order valence-corrected chi connectivity index (χ3v) is 3.68. The van der Waals surface area contributed by atoms with Crippen molar-refractivity contribution in [3.63, 3.8) is 0 Å². The van der Waals surface area contributed by atoms with Crippen molar-refractivity contribution in [3.8, 4) is 0 Å². The van der Waals surface area contributed by atoms with Gasteiger partial charge in [-0.3, -0.25) is 9.59 Å². The molecule has 0 bridgehead atoms. The van der Waals surface area contributed by atoms with Gasteiger partial charge in [-0.2, -0.15) is 5.10 Å². The minimum absolute atomic E-state index is 0.126. The van der Waals surface area contributed by atoms with Crippen LogP contribution in [0.15, 0.2) is 16.9 Å². The Labute approximate surface area is 112 Å². The van der Waals surface area contributed by atoms with E-state index in [2.05, 4.69) is 10.2 Å². The second kappa shape index (κ2) is 5.97. The predicted octanol–water partition coefficient (Wildman–Crippen LogP) is 0.502. The van der Waals surface area contributed by atoms with E-state index in [9.17, 15) is 9.59 Å². The molecule has 0 aromatic carbocycles. The highest BCUT2D eigenvalue weighted by Gasteiger charge is 2.27. The highest BCUT2D eigenvalue weighted by atomic mass is 16.2. The van der Waals surface area contributed by atoms with E-state index < -0.39 is 0 Å². The molecule has 6 nitrogen and oxygen atoms in total. The normalized spacial score (nSPS) is 23.1. The summed E-state index contributed by atoms with van der Waals surface area (Å²) < 4.78 is 0. The molecule has 3 N–H and O–H groups in total. The van der Waals surface area contributed by atoms with Crippen LogP contribution in [0.5, 0.6) is 0 Å². The number of aromatic amines is 1. The molecule has 1 aliphatic rings. The van der Waals surface area contributed by atoms with Gasteiger partial charge in [0.05, 0.1) is 0 Å². The van der Waals surface area contributed by atoms with Gasteiger partial charge in [0.25, 0.3) is 11.5 Å². The standard InChI is InChI=1S/C13H20N4O2/c1-2-17(10-5-3-9(14)4-6-10)13(19)11-7-8-12(18)16-15-11/h7-10H,2-6,14H2,1H3,(H,16,18). The third-order valence-electron chi connectivity index (χ3n) is 3.68. The van der Waals surface area contributed by atoms with Crippen LogP contribution in [0.25, 0.3) is 0 Å². The zero-order valence-corrected chi connectivity index (χ0v) is 11.1. The summed E-state index contributed by atoms with van der Waals surface area (Å²) in [5.41, 5.74) is 5.87. The molecule has 0 spiro atoms. The summed E-state index contributed by atoms with van der Waals surface area (Å²) in [5, 5.41) is 6.10. The molecule has 6 heteroatoms. The fraction of sp³-hybridized carbons (Fsp3) is 0.615. The molecule has 1 aromatic heterocycles. The molecule has 104 valence electrons. The SMILES string of the molecule is CCN(C(=O)c1ccc(=O)[nH]n1)C1CCC(N)CC1. The molecule has 1 aromatic rings. The van der Waals surface area contributed by atoms with Gasteiger partial charge in [-0.05, 0) is 38.7 Å². The van der Waals surface area contributed by atoms with Gasteiger partial charge in [0, 0.05) is 24.7 Å². The number of nitrogens with one attached hydrogen (secondary N) is 1. The Bertz CT molecular complexity index is 471. The molecule has 0 aliphatic heterocycles. The number of aromatic nitrogens is 2. The lowest BCUT2D eigenvalue weighted by Gasteiger charge is -2.35. The topological polar surface area (TPSA) is 92.1 Å². The minimum atomic E-state index is -0.303.